The van der Waals surface area contributed by atoms with Gasteiger partial charge in [-0.2, -0.15) is 11.8 Å². The van der Waals surface area contributed by atoms with Gasteiger partial charge in [0.05, 0.1) is 11.2 Å². The molecule has 0 aromatic carbocycles. The molecule has 0 aliphatic carbocycles. The summed E-state index contributed by atoms with van der Waals surface area (Å²) in [5.41, 5.74) is 3.11. The summed E-state index contributed by atoms with van der Waals surface area (Å²) in [6.45, 7) is 5.39. The Morgan fingerprint density at radius 2 is 2.50 bits per heavy atom. The van der Waals surface area contributed by atoms with Crippen LogP contribution in [0.25, 0.3) is 0 Å². The van der Waals surface area contributed by atoms with E-state index in [1.165, 1.54) is 22.7 Å². The van der Waals surface area contributed by atoms with Gasteiger partial charge in [0, 0.05) is 28.5 Å². The third-order valence-electron chi connectivity index (χ3n) is 2.59. The van der Waals surface area contributed by atoms with Crippen molar-refractivity contribution in [3.05, 3.63) is 16.1 Å². The van der Waals surface area contributed by atoms with Crippen LogP contribution in [0.4, 0.5) is 0 Å². The highest BCUT2D eigenvalue weighted by atomic mass is 32.2. The quantitative estimate of drug-likeness (QED) is 0.860. The van der Waals surface area contributed by atoms with Gasteiger partial charge in [-0.1, -0.05) is 6.92 Å². The van der Waals surface area contributed by atoms with Crippen LogP contribution in [0, 0.1) is 6.92 Å². The molecule has 1 aliphatic heterocycles. The van der Waals surface area contributed by atoms with Crippen LogP contribution in [0.5, 0.6) is 0 Å². The fourth-order valence-corrected chi connectivity index (χ4v) is 3.60. The molecule has 4 heteroatoms. The maximum absolute atomic E-state index is 4.25. The van der Waals surface area contributed by atoms with Gasteiger partial charge in [0.15, 0.2) is 0 Å². The maximum atomic E-state index is 4.25. The summed E-state index contributed by atoms with van der Waals surface area (Å²) in [4.78, 5) is 5.63. The smallest absolute Gasteiger partial charge is 0.0798 e. The van der Waals surface area contributed by atoms with Crippen molar-refractivity contribution in [3.63, 3.8) is 0 Å². The number of hydrogen-bond donors (Lipinski definition) is 1. The first-order chi connectivity index (χ1) is 6.75. The third kappa shape index (κ3) is 2.49. The van der Waals surface area contributed by atoms with E-state index >= 15 is 0 Å². The molecule has 0 bridgehead atoms. The molecule has 0 spiro atoms. The van der Waals surface area contributed by atoms with E-state index < -0.39 is 0 Å². The monoisotopic (exact) mass is 228 g/mol. The summed E-state index contributed by atoms with van der Waals surface area (Å²) in [7, 11) is 0. The second kappa shape index (κ2) is 4.64. The van der Waals surface area contributed by atoms with Crippen molar-refractivity contribution in [2.24, 2.45) is 0 Å². The Morgan fingerprint density at radius 3 is 3.07 bits per heavy atom. The second-order valence-corrected chi connectivity index (χ2v) is 6.23. The molecule has 2 atom stereocenters. The average molecular weight is 228 g/mol. The Bertz CT molecular complexity index is 298. The SMILES string of the molecule is Cc1ncsc1CNC1CSC(C)C1. The molecular formula is C10H16N2S2. The fraction of sp³-hybridized carbons (Fsp3) is 0.700. The summed E-state index contributed by atoms with van der Waals surface area (Å²) >= 11 is 3.83. The van der Waals surface area contributed by atoms with Gasteiger partial charge in [-0.25, -0.2) is 4.98 Å². The number of nitrogens with zero attached hydrogens (tertiary/aromatic N) is 1. The van der Waals surface area contributed by atoms with E-state index in [4.69, 9.17) is 0 Å². The Hall–Kier alpha value is -0.0600. The number of hydrogen-bond acceptors (Lipinski definition) is 4. The van der Waals surface area contributed by atoms with Gasteiger partial charge in [0.2, 0.25) is 0 Å². The van der Waals surface area contributed by atoms with Crippen molar-refractivity contribution in [1.82, 2.24) is 10.3 Å². The summed E-state index contributed by atoms with van der Waals surface area (Å²) in [5.74, 6) is 1.26. The van der Waals surface area contributed by atoms with Crippen molar-refractivity contribution in [2.45, 2.75) is 38.1 Å². The van der Waals surface area contributed by atoms with Gasteiger partial charge in [-0.3, -0.25) is 0 Å². The molecular weight excluding hydrogens is 212 g/mol. The lowest BCUT2D eigenvalue weighted by Gasteiger charge is -2.10. The molecule has 1 N–H and O–H groups in total. The molecule has 2 rings (SSSR count). The zero-order valence-electron chi connectivity index (χ0n) is 8.62. The lowest BCUT2D eigenvalue weighted by Crippen LogP contribution is -2.28. The Labute approximate surface area is 93.5 Å². The van der Waals surface area contributed by atoms with Crippen LogP contribution < -0.4 is 5.32 Å². The lowest BCUT2D eigenvalue weighted by molar-refractivity contribution is 0.540. The Morgan fingerprint density at radius 1 is 1.64 bits per heavy atom. The van der Waals surface area contributed by atoms with Crippen molar-refractivity contribution in [2.75, 3.05) is 5.75 Å². The summed E-state index contributed by atoms with van der Waals surface area (Å²) < 4.78 is 0. The highest BCUT2D eigenvalue weighted by Gasteiger charge is 2.21. The molecule has 78 valence electrons. The van der Waals surface area contributed by atoms with Crippen molar-refractivity contribution < 1.29 is 0 Å². The maximum Gasteiger partial charge on any atom is 0.0798 e. The van der Waals surface area contributed by atoms with Crippen LogP contribution in [-0.4, -0.2) is 22.0 Å². The Balaban J connectivity index is 1.80. The average Bonchev–Trinajstić information content (AvgIpc) is 2.72. The number of thioether (sulfide) groups is 1. The van der Waals surface area contributed by atoms with E-state index in [1.54, 1.807) is 11.3 Å². The van der Waals surface area contributed by atoms with Gasteiger partial charge >= 0.3 is 0 Å². The van der Waals surface area contributed by atoms with Crippen LogP contribution in [0.3, 0.4) is 0 Å². The van der Waals surface area contributed by atoms with E-state index in [9.17, 15) is 0 Å². The molecule has 0 radical (unpaired) electrons. The number of aryl methyl sites for hydroxylation is 1. The van der Waals surface area contributed by atoms with Crippen molar-refractivity contribution >= 4 is 23.1 Å². The molecule has 0 amide bonds. The van der Waals surface area contributed by atoms with Crippen LogP contribution >= 0.6 is 23.1 Å². The molecule has 14 heavy (non-hydrogen) atoms. The van der Waals surface area contributed by atoms with Gasteiger partial charge in [-0.15, -0.1) is 11.3 Å². The number of rotatable bonds is 3. The van der Waals surface area contributed by atoms with Gasteiger partial charge in [-0.05, 0) is 13.3 Å². The number of aromatic nitrogens is 1. The van der Waals surface area contributed by atoms with E-state index in [0.29, 0.717) is 6.04 Å². The molecule has 1 aliphatic rings. The van der Waals surface area contributed by atoms with Crippen molar-refractivity contribution in [3.8, 4) is 0 Å². The minimum Gasteiger partial charge on any atom is -0.308 e. The lowest BCUT2D eigenvalue weighted by atomic mass is 10.2. The molecule has 2 heterocycles. The first kappa shape index (κ1) is 10.5. The van der Waals surface area contributed by atoms with E-state index in [0.717, 1.165) is 11.8 Å². The van der Waals surface area contributed by atoms with Crippen LogP contribution in [-0.2, 0) is 6.54 Å². The summed E-state index contributed by atoms with van der Waals surface area (Å²) in [5, 5.41) is 4.43. The normalized spacial score (nSPS) is 27.0. The van der Waals surface area contributed by atoms with Crippen LogP contribution in [0.2, 0.25) is 0 Å². The largest absolute Gasteiger partial charge is 0.308 e. The van der Waals surface area contributed by atoms with Crippen LogP contribution in [0.15, 0.2) is 5.51 Å². The molecule has 0 saturated carbocycles. The van der Waals surface area contributed by atoms with Gasteiger partial charge in [0.1, 0.15) is 0 Å². The highest BCUT2D eigenvalue weighted by molar-refractivity contribution is 8.00. The van der Waals surface area contributed by atoms with Crippen LogP contribution in [0.1, 0.15) is 23.9 Å². The molecule has 1 aromatic rings. The zero-order chi connectivity index (χ0) is 9.97. The van der Waals surface area contributed by atoms with Crippen molar-refractivity contribution in [1.29, 1.82) is 0 Å². The number of thiazole rings is 1. The fourth-order valence-electron chi connectivity index (χ4n) is 1.69. The third-order valence-corrected chi connectivity index (χ3v) is 4.89. The van der Waals surface area contributed by atoms with Gasteiger partial charge < -0.3 is 5.32 Å². The predicted molar refractivity (Wildman–Crippen MR) is 64.0 cm³/mol. The van der Waals surface area contributed by atoms with Gasteiger partial charge in [0.25, 0.3) is 0 Å². The van der Waals surface area contributed by atoms with E-state index in [2.05, 4.69) is 35.9 Å². The molecule has 2 nitrogen and oxygen atoms in total. The molecule has 1 aromatic heterocycles. The first-order valence-electron chi connectivity index (χ1n) is 4.99. The summed E-state index contributed by atoms with van der Waals surface area (Å²) in [6.07, 6.45) is 1.31. The zero-order valence-corrected chi connectivity index (χ0v) is 10.3. The second-order valence-electron chi connectivity index (χ2n) is 3.82. The molecule has 1 fully saturated rings. The molecule has 2 unspecified atom stereocenters. The predicted octanol–water partition coefficient (Wildman–Crippen LogP) is 2.44. The highest BCUT2D eigenvalue weighted by Crippen LogP contribution is 2.26. The number of nitrogens with one attached hydrogen (secondary N) is 1. The molecule has 1 saturated heterocycles. The first-order valence-corrected chi connectivity index (χ1v) is 6.92. The summed E-state index contributed by atoms with van der Waals surface area (Å²) in [6, 6.07) is 0.705. The van der Waals surface area contributed by atoms with E-state index in [-0.39, 0.29) is 0 Å². The minimum atomic E-state index is 0.705. The Kier molecular flexibility index (Phi) is 3.47. The minimum absolute atomic E-state index is 0.705. The topological polar surface area (TPSA) is 24.9 Å². The standard InChI is InChI=1S/C10H16N2S2/c1-7-3-9(5-13-7)11-4-10-8(2)12-6-14-10/h6-7,9,11H,3-5H2,1-2H3. The van der Waals surface area contributed by atoms with E-state index in [1.807, 2.05) is 5.51 Å².